The van der Waals surface area contributed by atoms with Crippen molar-refractivity contribution < 1.29 is 4.74 Å². The highest BCUT2D eigenvalue weighted by Crippen LogP contribution is 2.29. The summed E-state index contributed by atoms with van der Waals surface area (Å²) in [6.07, 6.45) is 3.46. The second-order valence-electron chi connectivity index (χ2n) is 7.16. The molecule has 0 N–H and O–H groups in total. The van der Waals surface area contributed by atoms with E-state index < -0.39 is 0 Å². The number of tetrazole rings is 1. The maximum atomic E-state index is 12.3. The Kier molecular flexibility index (Phi) is 5.14. The van der Waals surface area contributed by atoms with Gasteiger partial charge in [-0.3, -0.25) is 0 Å². The highest BCUT2D eigenvalue weighted by Gasteiger charge is 2.15. The van der Waals surface area contributed by atoms with Gasteiger partial charge in [0.25, 0.3) is 0 Å². The van der Waals surface area contributed by atoms with Crippen LogP contribution in [0.15, 0.2) is 53.6 Å². The predicted octanol–water partition coefficient (Wildman–Crippen LogP) is 2.93. The van der Waals surface area contributed by atoms with Crippen LogP contribution in [-0.4, -0.2) is 29.8 Å². The SMILES string of the molecule is Cc1cc(-c2ncccn2)c(C)cc1OCc1c(C)cccc1-n1nnn(C)c1=O. The fraction of sp³-hybridized carbons (Fsp3) is 0.227. The number of aromatic nitrogens is 6. The van der Waals surface area contributed by atoms with Crippen molar-refractivity contribution >= 4 is 0 Å². The van der Waals surface area contributed by atoms with Crippen LogP contribution in [0.3, 0.4) is 0 Å². The molecule has 0 saturated heterocycles. The van der Waals surface area contributed by atoms with Gasteiger partial charge in [-0.05, 0) is 72.2 Å². The van der Waals surface area contributed by atoms with Gasteiger partial charge in [0.1, 0.15) is 12.4 Å². The van der Waals surface area contributed by atoms with Gasteiger partial charge in [-0.15, -0.1) is 0 Å². The second kappa shape index (κ2) is 7.90. The normalized spacial score (nSPS) is 10.9. The molecule has 2 heterocycles. The van der Waals surface area contributed by atoms with Crippen molar-refractivity contribution in [1.29, 1.82) is 0 Å². The Hall–Kier alpha value is -3.81. The summed E-state index contributed by atoms with van der Waals surface area (Å²) in [5.41, 5.74) is 5.23. The zero-order valence-corrected chi connectivity index (χ0v) is 17.3. The summed E-state index contributed by atoms with van der Waals surface area (Å²) < 4.78 is 8.66. The topological polar surface area (TPSA) is 87.7 Å². The van der Waals surface area contributed by atoms with Crippen molar-refractivity contribution in [2.24, 2.45) is 7.05 Å². The molecule has 0 spiro atoms. The maximum Gasteiger partial charge on any atom is 0.368 e. The molecule has 0 aliphatic carbocycles. The first-order valence-electron chi connectivity index (χ1n) is 9.55. The summed E-state index contributed by atoms with van der Waals surface area (Å²) in [7, 11) is 1.57. The molecule has 0 radical (unpaired) electrons. The third kappa shape index (κ3) is 3.59. The number of nitrogens with zero attached hydrogens (tertiary/aromatic N) is 6. The zero-order chi connectivity index (χ0) is 21.3. The van der Waals surface area contributed by atoms with Crippen LogP contribution in [0.25, 0.3) is 17.1 Å². The molecule has 0 aliphatic rings. The molecule has 0 unspecified atom stereocenters. The molecule has 0 bridgehead atoms. The average molecular weight is 402 g/mol. The largest absolute Gasteiger partial charge is 0.489 e. The van der Waals surface area contributed by atoms with E-state index in [1.807, 2.05) is 51.1 Å². The van der Waals surface area contributed by atoms with Crippen molar-refractivity contribution in [2.45, 2.75) is 27.4 Å². The first kappa shape index (κ1) is 19.5. The molecule has 8 heteroatoms. The Morgan fingerprint density at radius 1 is 0.933 bits per heavy atom. The van der Waals surface area contributed by atoms with Crippen molar-refractivity contribution in [3.63, 3.8) is 0 Å². The number of benzene rings is 2. The van der Waals surface area contributed by atoms with Crippen molar-refractivity contribution in [2.75, 3.05) is 0 Å². The molecular formula is C22H22N6O2. The van der Waals surface area contributed by atoms with E-state index in [4.69, 9.17) is 4.74 Å². The van der Waals surface area contributed by atoms with Crippen LogP contribution < -0.4 is 10.4 Å². The van der Waals surface area contributed by atoms with Crippen LogP contribution in [-0.2, 0) is 13.7 Å². The lowest BCUT2D eigenvalue weighted by Gasteiger charge is -2.16. The monoisotopic (exact) mass is 402 g/mol. The molecular weight excluding hydrogens is 380 g/mol. The zero-order valence-electron chi connectivity index (χ0n) is 17.3. The minimum absolute atomic E-state index is 0.298. The Morgan fingerprint density at radius 2 is 1.70 bits per heavy atom. The highest BCUT2D eigenvalue weighted by molar-refractivity contribution is 5.63. The van der Waals surface area contributed by atoms with E-state index in [1.54, 1.807) is 25.5 Å². The Balaban J connectivity index is 1.66. The van der Waals surface area contributed by atoms with Crippen LogP contribution in [0, 0.1) is 20.8 Å². The third-order valence-electron chi connectivity index (χ3n) is 5.04. The van der Waals surface area contributed by atoms with E-state index in [0.29, 0.717) is 18.1 Å². The number of aryl methyl sites for hydroxylation is 4. The second-order valence-corrected chi connectivity index (χ2v) is 7.16. The van der Waals surface area contributed by atoms with Gasteiger partial charge in [0, 0.05) is 30.6 Å². The molecule has 0 aliphatic heterocycles. The lowest BCUT2D eigenvalue weighted by atomic mass is 10.0. The molecule has 0 saturated carbocycles. The van der Waals surface area contributed by atoms with E-state index in [9.17, 15) is 4.79 Å². The molecule has 30 heavy (non-hydrogen) atoms. The smallest absolute Gasteiger partial charge is 0.368 e. The van der Waals surface area contributed by atoms with Crippen LogP contribution in [0.5, 0.6) is 5.75 Å². The summed E-state index contributed by atoms with van der Waals surface area (Å²) >= 11 is 0. The van der Waals surface area contributed by atoms with Crippen LogP contribution >= 0.6 is 0 Å². The van der Waals surface area contributed by atoms with Gasteiger partial charge in [-0.25, -0.2) is 14.8 Å². The lowest BCUT2D eigenvalue weighted by Crippen LogP contribution is -2.23. The molecule has 2 aromatic carbocycles. The molecule has 0 fully saturated rings. The van der Waals surface area contributed by atoms with Gasteiger partial charge in [-0.1, -0.05) is 12.1 Å². The lowest BCUT2D eigenvalue weighted by molar-refractivity contribution is 0.302. The van der Waals surface area contributed by atoms with Gasteiger partial charge in [-0.2, -0.15) is 9.36 Å². The van der Waals surface area contributed by atoms with Crippen LogP contribution in [0.2, 0.25) is 0 Å². The van der Waals surface area contributed by atoms with Gasteiger partial charge >= 0.3 is 5.69 Å². The summed E-state index contributed by atoms with van der Waals surface area (Å²) in [6.45, 7) is 6.29. The van der Waals surface area contributed by atoms with E-state index in [-0.39, 0.29) is 5.69 Å². The standard InChI is InChI=1S/C22H22N6O2/c1-14-7-5-8-19(28-22(29)27(4)25-26-28)18(14)13-30-20-12-15(2)17(11-16(20)3)21-23-9-6-10-24-21/h5-12H,13H2,1-4H3. The Morgan fingerprint density at radius 3 is 2.40 bits per heavy atom. The maximum absolute atomic E-state index is 12.3. The average Bonchev–Trinajstić information content (AvgIpc) is 3.08. The fourth-order valence-corrected chi connectivity index (χ4v) is 3.31. The summed E-state index contributed by atoms with van der Waals surface area (Å²) in [5, 5.41) is 7.78. The summed E-state index contributed by atoms with van der Waals surface area (Å²) in [4.78, 5) is 21.0. The molecule has 0 atom stereocenters. The number of ether oxygens (including phenoxy) is 1. The predicted molar refractivity (Wildman–Crippen MR) is 113 cm³/mol. The van der Waals surface area contributed by atoms with Gasteiger partial charge in [0.15, 0.2) is 5.82 Å². The third-order valence-corrected chi connectivity index (χ3v) is 5.04. The Bertz CT molecular complexity index is 1260. The van der Waals surface area contributed by atoms with Gasteiger partial charge in [0.05, 0.1) is 5.69 Å². The number of hydrogen-bond acceptors (Lipinski definition) is 6. The fourth-order valence-electron chi connectivity index (χ4n) is 3.31. The molecule has 0 amide bonds. The van der Waals surface area contributed by atoms with E-state index in [0.717, 1.165) is 33.6 Å². The molecule has 8 nitrogen and oxygen atoms in total. The van der Waals surface area contributed by atoms with Crippen LogP contribution in [0.4, 0.5) is 0 Å². The molecule has 2 aromatic heterocycles. The first-order valence-corrected chi connectivity index (χ1v) is 9.55. The minimum atomic E-state index is -0.305. The Labute approximate surface area is 173 Å². The minimum Gasteiger partial charge on any atom is -0.489 e. The molecule has 4 rings (SSSR count). The van der Waals surface area contributed by atoms with Crippen molar-refractivity contribution in [1.82, 2.24) is 29.8 Å². The molecule has 4 aromatic rings. The van der Waals surface area contributed by atoms with Gasteiger partial charge in [0.2, 0.25) is 0 Å². The summed E-state index contributed by atoms with van der Waals surface area (Å²) in [5.74, 6) is 1.46. The highest BCUT2D eigenvalue weighted by atomic mass is 16.5. The summed E-state index contributed by atoms with van der Waals surface area (Å²) in [6, 6.07) is 11.5. The van der Waals surface area contributed by atoms with Gasteiger partial charge < -0.3 is 4.74 Å². The van der Waals surface area contributed by atoms with E-state index in [2.05, 4.69) is 20.4 Å². The van der Waals surface area contributed by atoms with E-state index >= 15 is 0 Å². The quantitative estimate of drug-likeness (QED) is 0.510. The van der Waals surface area contributed by atoms with Crippen molar-refractivity contribution in [3.8, 4) is 22.8 Å². The molecule has 152 valence electrons. The van der Waals surface area contributed by atoms with Crippen LogP contribution in [0.1, 0.15) is 22.3 Å². The number of rotatable bonds is 5. The van der Waals surface area contributed by atoms with E-state index in [1.165, 1.54) is 9.36 Å². The first-order chi connectivity index (χ1) is 14.5. The number of hydrogen-bond donors (Lipinski definition) is 0. The van der Waals surface area contributed by atoms with Crippen molar-refractivity contribution in [3.05, 3.63) is 81.5 Å².